The van der Waals surface area contributed by atoms with Crippen molar-refractivity contribution in [3.05, 3.63) is 28.2 Å². The van der Waals surface area contributed by atoms with Crippen LogP contribution < -0.4 is 4.72 Å². The third-order valence-corrected chi connectivity index (χ3v) is 5.52. The lowest BCUT2D eigenvalue weighted by molar-refractivity contribution is -0.139. The monoisotopic (exact) mass is 403 g/mol. The van der Waals surface area contributed by atoms with Crippen LogP contribution in [0.4, 0.5) is 8.78 Å². The highest BCUT2D eigenvalue weighted by Gasteiger charge is 2.29. The first-order chi connectivity index (χ1) is 9.69. The van der Waals surface area contributed by atoms with Crippen molar-refractivity contribution in [2.24, 2.45) is 0 Å². The molecule has 5 nitrogen and oxygen atoms in total. The van der Waals surface area contributed by atoms with Crippen molar-refractivity contribution in [1.29, 1.82) is 0 Å². The van der Waals surface area contributed by atoms with Crippen molar-refractivity contribution in [1.82, 2.24) is 4.72 Å². The van der Waals surface area contributed by atoms with Gasteiger partial charge in [0, 0.05) is 10.5 Å². The summed E-state index contributed by atoms with van der Waals surface area (Å²) in [6.07, 6.45) is 1.78. The Balaban J connectivity index is 3.14. The summed E-state index contributed by atoms with van der Waals surface area (Å²) in [5.74, 6) is -3.21. The maximum Gasteiger partial charge on any atom is 0.321 e. The molecule has 2 N–H and O–H groups in total. The van der Waals surface area contributed by atoms with Crippen molar-refractivity contribution < 1.29 is 27.1 Å². The number of sulfonamides is 1. The summed E-state index contributed by atoms with van der Waals surface area (Å²) < 4.78 is 52.4. The Hall–Kier alpha value is -0.710. The van der Waals surface area contributed by atoms with Crippen LogP contribution in [0, 0.1) is 11.6 Å². The van der Waals surface area contributed by atoms with Crippen molar-refractivity contribution in [2.75, 3.05) is 12.0 Å². The molecule has 0 spiro atoms. The van der Waals surface area contributed by atoms with Gasteiger partial charge in [0.1, 0.15) is 22.6 Å². The van der Waals surface area contributed by atoms with Crippen LogP contribution in [0.5, 0.6) is 0 Å². The van der Waals surface area contributed by atoms with E-state index < -0.39 is 38.6 Å². The topological polar surface area (TPSA) is 83.5 Å². The first kappa shape index (κ1) is 18.3. The minimum atomic E-state index is -4.44. The number of nitrogens with one attached hydrogen (secondary N) is 1. The summed E-state index contributed by atoms with van der Waals surface area (Å²) in [6, 6.07) is -0.189. The van der Waals surface area contributed by atoms with Crippen molar-refractivity contribution in [2.45, 2.75) is 17.4 Å². The molecule has 0 amide bonds. The highest BCUT2D eigenvalue weighted by Crippen LogP contribution is 2.26. The molecule has 0 saturated carbocycles. The molecule has 0 fully saturated rings. The van der Waals surface area contributed by atoms with Gasteiger partial charge in [-0.3, -0.25) is 4.79 Å². The van der Waals surface area contributed by atoms with E-state index in [4.69, 9.17) is 5.11 Å². The number of carboxylic acids is 1. The normalized spacial score (nSPS) is 13.1. The summed E-state index contributed by atoms with van der Waals surface area (Å²) in [5, 5.41) is 8.99. The van der Waals surface area contributed by atoms with Gasteiger partial charge in [0.2, 0.25) is 10.0 Å². The van der Waals surface area contributed by atoms with E-state index in [0.29, 0.717) is 11.8 Å². The predicted molar refractivity (Wildman–Crippen MR) is 78.8 cm³/mol. The molecule has 1 atom stereocenters. The Morgan fingerprint density at radius 2 is 2.10 bits per heavy atom. The summed E-state index contributed by atoms with van der Waals surface area (Å²) in [5.41, 5.74) is 0. The number of halogens is 3. The molecule has 0 aliphatic rings. The summed E-state index contributed by atoms with van der Waals surface area (Å²) in [6.45, 7) is 0. The molecule has 118 valence electrons. The number of thioether (sulfide) groups is 1. The van der Waals surface area contributed by atoms with Gasteiger partial charge in [0.05, 0.1) is 0 Å². The molecule has 0 aliphatic carbocycles. The lowest BCUT2D eigenvalue weighted by Gasteiger charge is -2.15. The van der Waals surface area contributed by atoms with Crippen LogP contribution in [-0.4, -0.2) is 37.5 Å². The standard InChI is InChI=1S/C11H12BrF2NO4S2/c1-20-3-2-9(11(16)17)15-21(18,19)10-7(12)4-6(13)5-8(10)14/h4-5,9,15H,2-3H2,1H3,(H,16,17). The predicted octanol–water partition coefficient (Wildman–Crippen LogP) is 2.21. The van der Waals surface area contributed by atoms with E-state index in [-0.39, 0.29) is 10.9 Å². The average molecular weight is 404 g/mol. The van der Waals surface area contributed by atoms with Crippen LogP contribution in [0.25, 0.3) is 0 Å². The molecule has 1 rings (SSSR count). The molecule has 0 bridgehead atoms. The highest BCUT2D eigenvalue weighted by atomic mass is 79.9. The molecule has 1 aromatic carbocycles. The maximum atomic E-state index is 13.7. The third-order valence-electron chi connectivity index (χ3n) is 2.44. The number of rotatable bonds is 7. The van der Waals surface area contributed by atoms with E-state index in [2.05, 4.69) is 15.9 Å². The second kappa shape index (κ2) is 7.52. The molecule has 21 heavy (non-hydrogen) atoms. The highest BCUT2D eigenvalue weighted by molar-refractivity contribution is 9.10. The minimum absolute atomic E-state index is 0.0379. The number of carboxylic acid groups (broad SMARTS) is 1. The SMILES string of the molecule is CSCCC(NS(=O)(=O)c1c(F)cc(F)cc1Br)C(=O)O. The molecule has 1 unspecified atom stereocenters. The maximum absolute atomic E-state index is 13.7. The average Bonchev–Trinajstić information content (AvgIpc) is 2.32. The largest absolute Gasteiger partial charge is 0.480 e. The fraction of sp³-hybridized carbons (Fsp3) is 0.364. The van der Waals surface area contributed by atoms with Crippen LogP contribution in [0.15, 0.2) is 21.5 Å². The smallest absolute Gasteiger partial charge is 0.321 e. The fourth-order valence-electron chi connectivity index (χ4n) is 1.50. The summed E-state index contributed by atoms with van der Waals surface area (Å²) in [7, 11) is -4.44. The Morgan fingerprint density at radius 3 is 2.57 bits per heavy atom. The fourth-order valence-corrected chi connectivity index (χ4v) is 4.36. The van der Waals surface area contributed by atoms with Crippen molar-refractivity contribution in [3.63, 3.8) is 0 Å². The van der Waals surface area contributed by atoms with Gasteiger partial charge < -0.3 is 5.11 Å². The lowest BCUT2D eigenvalue weighted by Crippen LogP contribution is -2.41. The van der Waals surface area contributed by atoms with E-state index in [0.717, 1.165) is 6.07 Å². The van der Waals surface area contributed by atoms with E-state index >= 15 is 0 Å². The summed E-state index contributed by atoms with van der Waals surface area (Å²) in [4.78, 5) is 10.2. The van der Waals surface area contributed by atoms with Gasteiger partial charge in [-0.15, -0.1) is 0 Å². The second-order valence-corrected chi connectivity index (χ2v) is 7.48. The molecular formula is C11H12BrF2NO4S2. The molecule has 0 aliphatic heterocycles. The van der Waals surface area contributed by atoms with Gasteiger partial charge in [-0.25, -0.2) is 17.2 Å². The molecule has 0 aromatic heterocycles. The quantitative estimate of drug-likeness (QED) is 0.728. The van der Waals surface area contributed by atoms with Gasteiger partial charge in [-0.1, -0.05) is 0 Å². The van der Waals surface area contributed by atoms with E-state index in [1.54, 1.807) is 6.26 Å². The zero-order valence-electron chi connectivity index (χ0n) is 10.8. The summed E-state index contributed by atoms with van der Waals surface area (Å²) >= 11 is 4.11. The Morgan fingerprint density at radius 1 is 1.48 bits per heavy atom. The molecule has 0 heterocycles. The van der Waals surface area contributed by atoms with Crippen molar-refractivity contribution >= 4 is 43.7 Å². The molecule has 0 radical (unpaired) electrons. The van der Waals surface area contributed by atoms with Crippen molar-refractivity contribution in [3.8, 4) is 0 Å². The minimum Gasteiger partial charge on any atom is -0.480 e. The number of aliphatic carboxylic acids is 1. The van der Waals surface area contributed by atoms with E-state index in [9.17, 15) is 22.0 Å². The first-order valence-corrected chi connectivity index (χ1v) is 9.24. The second-order valence-electron chi connectivity index (χ2n) is 3.99. The number of benzene rings is 1. The number of hydrogen-bond acceptors (Lipinski definition) is 4. The lowest BCUT2D eigenvalue weighted by atomic mass is 10.2. The first-order valence-electron chi connectivity index (χ1n) is 5.57. The molecule has 10 heteroatoms. The molecule has 1 aromatic rings. The number of carbonyl (C=O) groups is 1. The molecular weight excluding hydrogens is 392 g/mol. The zero-order valence-corrected chi connectivity index (χ0v) is 14.0. The van der Waals surface area contributed by atoms with Gasteiger partial charge in [-0.05, 0) is 40.4 Å². The van der Waals surface area contributed by atoms with Crippen LogP contribution in [0.2, 0.25) is 0 Å². The molecule has 0 saturated heterocycles. The Kier molecular flexibility index (Phi) is 6.57. The Bertz CT molecular complexity index is 616. The van der Waals surface area contributed by atoms with E-state index in [1.165, 1.54) is 11.8 Å². The number of hydrogen-bond donors (Lipinski definition) is 2. The van der Waals surface area contributed by atoms with Gasteiger partial charge in [0.25, 0.3) is 0 Å². The van der Waals surface area contributed by atoms with Gasteiger partial charge in [0.15, 0.2) is 0 Å². The van der Waals surface area contributed by atoms with Crippen LogP contribution >= 0.6 is 27.7 Å². The van der Waals surface area contributed by atoms with Crippen LogP contribution in [0.1, 0.15) is 6.42 Å². The van der Waals surface area contributed by atoms with Crippen LogP contribution in [-0.2, 0) is 14.8 Å². The van der Waals surface area contributed by atoms with Gasteiger partial charge >= 0.3 is 5.97 Å². The zero-order chi connectivity index (χ0) is 16.2. The Labute approximate surface area is 133 Å². The van der Waals surface area contributed by atoms with E-state index in [1.807, 2.05) is 4.72 Å². The van der Waals surface area contributed by atoms with Gasteiger partial charge in [-0.2, -0.15) is 16.5 Å². The van der Waals surface area contributed by atoms with Crippen LogP contribution in [0.3, 0.4) is 0 Å². The third kappa shape index (κ3) is 4.90.